The first kappa shape index (κ1) is 13.1. The number of rotatable bonds is 2. The molecular weight excluding hydrogens is 264 g/mol. The number of fused-ring (bicyclic) bond motifs is 1. The van der Waals surface area contributed by atoms with Gasteiger partial charge in [0, 0.05) is 24.9 Å². The molecule has 2 heterocycles. The van der Waals surface area contributed by atoms with Gasteiger partial charge in [0.05, 0.1) is 5.41 Å². The van der Waals surface area contributed by atoms with E-state index in [1.165, 1.54) is 0 Å². The third-order valence-corrected chi connectivity index (χ3v) is 6.00. The number of nitrogens with zero attached hydrogens (tertiary/aromatic N) is 1. The molecule has 3 aliphatic rings. The predicted molar refractivity (Wildman–Crippen MR) is 73.2 cm³/mol. The van der Waals surface area contributed by atoms with Crippen molar-refractivity contribution in [2.45, 2.75) is 31.7 Å². The van der Waals surface area contributed by atoms with Crippen LogP contribution in [0.3, 0.4) is 0 Å². The first-order chi connectivity index (χ1) is 9.12. The van der Waals surface area contributed by atoms with Gasteiger partial charge in [0.2, 0.25) is 0 Å². The van der Waals surface area contributed by atoms with Crippen molar-refractivity contribution in [2.24, 2.45) is 11.3 Å². The van der Waals surface area contributed by atoms with Crippen LogP contribution >= 0.6 is 11.8 Å². The zero-order valence-electron chi connectivity index (χ0n) is 10.9. The van der Waals surface area contributed by atoms with Gasteiger partial charge >= 0.3 is 12.0 Å². The molecule has 1 unspecified atom stereocenters. The topological polar surface area (TPSA) is 69.6 Å². The lowest BCUT2D eigenvalue weighted by Gasteiger charge is -2.24. The van der Waals surface area contributed by atoms with E-state index in [1.54, 1.807) is 4.90 Å². The Kier molecular flexibility index (Phi) is 3.37. The maximum absolute atomic E-state index is 12.2. The van der Waals surface area contributed by atoms with E-state index < -0.39 is 11.4 Å². The van der Waals surface area contributed by atoms with Gasteiger partial charge in [-0.1, -0.05) is 6.42 Å². The van der Waals surface area contributed by atoms with Crippen molar-refractivity contribution in [3.8, 4) is 0 Å². The van der Waals surface area contributed by atoms with Gasteiger partial charge in [-0.2, -0.15) is 11.8 Å². The molecule has 0 aromatic carbocycles. The summed E-state index contributed by atoms with van der Waals surface area (Å²) >= 11 is 1.86. The van der Waals surface area contributed by atoms with E-state index in [1.807, 2.05) is 11.8 Å². The molecule has 2 N–H and O–H groups in total. The fraction of sp³-hybridized carbons (Fsp3) is 0.846. The largest absolute Gasteiger partial charge is 0.481 e. The fourth-order valence-electron chi connectivity index (χ4n) is 3.71. The van der Waals surface area contributed by atoms with Crippen LogP contribution in [0.5, 0.6) is 0 Å². The normalized spacial score (nSPS) is 37.4. The SMILES string of the molecule is O=C(NC1CCSC1)N1C[C@@H]2CCC[C@@]2(C(=O)O)C1. The van der Waals surface area contributed by atoms with Gasteiger partial charge in [-0.3, -0.25) is 4.79 Å². The maximum Gasteiger partial charge on any atom is 0.317 e. The minimum absolute atomic E-state index is 0.0671. The molecule has 1 aliphatic carbocycles. The van der Waals surface area contributed by atoms with Crippen molar-refractivity contribution >= 4 is 23.8 Å². The average Bonchev–Trinajstić information content (AvgIpc) is 3.01. The Morgan fingerprint density at radius 2 is 2.21 bits per heavy atom. The van der Waals surface area contributed by atoms with E-state index in [0.29, 0.717) is 13.1 Å². The molecule has 19 heavy (non-hydrogen) atoms. The highest BCUT2D eigenvalue weighted by atomic mass is 32.2. The van der Waals surface area contributed by atoms with Crippen LogP contribution in [0.4, 0.5) is 4.79 Å². The van der Waals surface area contributed by atoms with Gasteiger partial charge in [0.25, 0.3) is 0 Å². The molecule has 3 rings (SSSR count). The van der Waals surface area contributed by atoms with Crippen molar-refractivity contribution in [2.75, 3.05) is 24.6 Å². The van der Waals surface area contributed by atoms with Gasteiger partial charge in [0.1, 0.15) is 0 Å². The number of aliphatic carboxylic acids is 1. The van der Waals surface area contributed by atoms with E-state index in [4.69, 9.17) is 0 Å². The Morgan fingerprint density at radius 3 is 2.84 bits per heavy atom. The molecule has 2 aliphatic heterocycles. The number of carboxylic acids is 1. The quantitative estimate of drug-likeness (QED) is 0.804. The lowest BCUT2D eigenvalue weighted by Crippen LogP contribution is -2.45. The summed E-state index contributed by atoms with van der Waals surface area (Å²) in [7, 11) is 0. The minimum atomic E-state index is -0.721. The molecule has 0 radical (unpaired) electrons. The first-order valence-corrected chi connectivity index (χ1v) is 8.14. The highest BCUT2D eigenvalue weighted by molar-refractivity contribution is 7.99. The lowest BCUT2D eigenvalue weighted by atomic mass is 9.81. The number of carbonyl (C=O) groups is 2. The Labute approximate surface area is 117 Å². The number of amides is 2. The monoisotopic (exact) mass is 284 g/mol. The molecule has 2 saturated heterocycles. The molecule has 3 atom stereocenters. The van der Waals surface area contributed by atoms with Crippen molar-refractivity contribution in [3.63, 3.8) is 0 Å². The third-order valence-electron chi connectivity index (χ3n) is 4.84. The van der Waals surface area contributed by atoms with Crippen molar-refractivity contribution in [1.82, 2.24) is 10.2 Å². The second kappa shape index (κ2) is 4.89. The Bertz CT molecular complexity index is 397. The first-order valence-electron chi connectivity index (χ1n) is 6.98. The highest BCUT2D eigenvalue weighted by Gasteiger charge is 2.55. The molecule has 2 amide bonds. The van der Waals surface area contributed by atoms with Crippen molar-refractivity contribution in [3.05, 3.63) is 0 Å². The number of nitrogens with one attached hydrogen (secondary N) is 1. The fourth-order valence-corrected chi connectivity index (χ4v) is 4.86. The molecular formula is C13H20N2O3S. The molecule has 1 saturated carbocycles. The zero-order chi connectivity index (χ0) is 13.5. The van der Waals surface area contributed by atoms with E-state index in [2.05, 4.69) is 5.32 Å². The predicted octanol–water partition coefficient (Wildman–Crippen LogP) is 1.39. The number of thioether (sulfide) groups is 1. The van der Waals surface area contributed by atoms with Gasteiger partial charge in [-0.25, -0.2) is 4.79 Å². The molecule has 5 nitrogen and oxygen atoms in total. The van der Waals surface area contributed by atoms with Gasteiger partial charge in [0.15, 0.2) is 0 Å². The second-order valence-electron chi connectivity index (χ2n) is 5.94. The molecule has 3 fully saturated rings. The van der Waals surface area contributed by atoms with Crippen LogP contribution in [-0.2, 0) is 4.79 Å². The lowest BCUT2D eigenvalue weighted by molar-refractivity contribution is -0.149. The number of likely N-dealkylation sites (tertiary alicyclic amines) is 1. The Balaban J connectivity index is 1.64. The Hall–Kier alpha value is -0.910. The molecule has 0 aromatic heterocycles. The van der Waals surface area contributed by atoms with Crippen molar-refractivity contribution in [1.29, 1.82) is 0 Å². The minimum Gasteiger partial charge on any atom is -0.481 e. The van der Waals surface area contributed by atoms with Gasteiger partial charge in [-0.15, -0.1) is 0 Å². The summed E-state index contributed by atoms with van der Waals surface area (Å²) in [6.45, 7) is 0.997. The van der Waals surface area contributed by atoms with Gasteiger partial charge < -0.3 is 15.3 Å². The van der Waals surface area contributed by atoms with Crippen LogP contribution in [0.25, 0.3) is 0 Å². The molecule has 0 bridgehead atoms. The standard InChI is InChI=1S/C13H20N2O3S/c16-11(17)13-4-1-2-9(13)6-15(8-13)12(18)14-10-3-5-19-7-10/h9-10H,1-8H2,(H,14,18)(H,16,17)/t9-,10?,13+/m0/s1. The molecule has 0 spiro atoms. The Morgan fingerprint density at radius 1 is 1.37 bits per heavy atom. The third kappa shape index (κ3) is 2.20. The number of carboxylic acid groups (broad SMARTS) is 1. The summed E-state index contributed by atoms with van der Waals surface area (Å²) in [5.41, 5.74) is -0.665. The summed E-state index contributed by atoms with van der Waals surface area (Å²) in [6.07, 6.45) is 3.66. The van der Waals surface area contributed by atoms with Crippen LogP contribution in [0.1, 0.15) is 25.7 Å². The van der Waals surface area contributed by atoms with Crippen LogP contribution < -0.4 is 5.32 Å². The summed E-state index contributed by atoms with van der Waals surface area (Å²) in [5.74, 6) is 1.51. The average molecular weight is 284 g/mol. The van der Waals surface area contributed by atoms with Gasteiger partial charge in [-0.05, 0) is 30.9 Å². The van der Waals surface area contributed by atoms with Crippen LogP contribution in [0.15, 0.2) is 0 Å². The number of hydrogen-bond donors (Lipinski definition) is 2. The molecule has 106 valence electrons. The summed E-state index contributed by atoms with van der Waals surface area (Å²) < 4.78 is 0. The van der Waals surface area contributed by atoms with E-state index in [9.17, 15) is 14.7 Å². The van der Waals surface area contributed by atoms with E-state index in [-0.39, 0.29) is 18.0 Å². The van der Waals surface area contributed by atoms with Crippen LogP contribution in [-0.4, -0.2) is 52.6 Å². The summed E-state index contributed by atoms with van der Waals surface area (Å²) in [5, 5.41) is 12.5. The molecule has 6 heteroatoms. The number of hydrogen-bond acceptors (Lipinski definition) is 3. The van der Waals surface area contributed by atoms with Crippen LogP contribution in [0.2, 0.25) is 0 Å². The highest BCUT2D eigenvalue weighted by Crippen LogP contribution is 2.48. The van der Waals surface area contributed by atoms with Crippen LogP contribution in [0, 0.1) is 11.3 Å². The summed E-state index contributed by atoms with van der Waals surface area (Å²) in [6, 6.07) is 0.196. The van der Waals surface area contributed by atoms with E-state index >= 15 is 0 Å². The second-order valence-corrected chi connectivity index (χ2v) is 7.09. The maximum atomic E-state index is 12.2. The van der Waals surface area contributed by atoms with Crippen molar-refractivity contribution < 1.29 is 14.7 Å². The molecule has 0 aromatic rings. The summed E-state index contributed by atoms with van der Waals surface area (Å²) in [4.78, 5) is 25.5. The van der Waals surface area contributed by atoms with E-state index in [0.717, 1.165) is 37.2 Å². The zero-order valence-corrected chi connectivity index (χ0v) is 11.7. The smallest absolute Gasteiger partial charge is 0.317 e. The number of carbonyl (C=O) groups excluding carboxylic acids is 1. The number of urea groups is 1.